The smallest absolute Gasteiger partial charge is 0.410 e. The minimum atomic E-state index is -3.92. The number of carbonyl (C=O) groups excluding carboxylic acids is 5. The zero-order valence-corrected chi connectivity index (χ0v) is 29.8. The zero-order valence-electron chi connectivity index (χ0n) is 29.0. The van der Waals surface area contributed by atoms with Crippen molar-refractivity contribution in [2.24, 2.45) is 5.92 Å². The molecule has 3 heterocycles. The van der Waals surface area contributed by atoms with E-state index in [9.17, 15) is 36.8 Å². The number of hydrogen-bond donors (Lipinski definition) is 3. The average molecular weight is 744 g/mol. The third kappa shape index (κ3) is 7.22. The van der Waals surface area contributed by atoms with Gasteiger partial charge in [0.2, 0.25) is 21.8 Å². The van der Waals surface area contributed by atoms with Crippen LogP contribution >= 0.6 is 0 Å². The molecule has 6 atom stereocenters. The van der Waals surface area contributed by atoms with E-state index in [0.29, 0.717) is 56.1 Å². The van der Waals surface area contributed by atoms with Crippen molar-refractivity contribution in [1.29, 1.82) is 0 Å². The third-order valence-corrected chi connectivity index (χ3v) is 13.3. The van der Waals surface area contributed by atoms with Crippen LogP contribution in [0.2, 0.25) is 0 Å². The van der Waals surface area contributed by atoms with Gasteiger partial charge < -0.3 is 25.0 Å². The summed E-state index contributed by atoms with van der Waals surface area (Å²) in [4.78, 5) is 71.6. The molecule has 1 aromatic carbocycles. The predicted octanol–water partition coefficient (Wildman–Crippen LogP) is 3.29. The Balaban J connectivity index is 1.14. The van der Waals surface area contributed by atoms with E-state index in [0.717, 1.165) is 25.7 Å². The van der Waals surface area contributed by atoms with Crippen LogP contribution in [0.1, 0.15) is 94.6 Å². The first-order valence-corrected chi connectivity index (χ1v) is 20.0. The Hall–Kier alpha value is -4.21. The maximum atomic E-state index is 14.5. The summed E-state index contributed by atoms with van der Waals surface area (Å²) in [6.45, 7) is 3.89. The number of amides is 5. The molecule has 0 unspecified atom stereocenters. The van der Waals surface area contributed by atoms with Gasteiger partial charge in [0.1, 0.15) is 35.6 Å². The molecular formula is C36H46FN5O9S. The molecule has 0 bridgehead atoms. The van der Waals surface area contributed by atoms with E-state index >= 15 is 0 Å². The van der Waals surface area contributed by atoms with Crippen LogP contribution < -0.4 is 15.4 Å². The number of ether oxygens (including phenoxy) is 2. The molecule has 3 aliphatic heterocycles. The monoisotopic (exact) mass is 743 g/mol. The van der Waals surface area contributed by atoms with Gasteiger partial charge in [0, 0.05) is 24.4 Å². The molecule has 3 aliphatic carbocycles. The van der Waals surface area contributed by atoms with Gasteiger partial charge in [-0.1, -0.05) is 37.5 Å². The fourth-order valence-corrected chi connectivity index (χ4v) is 9.65. The number of nitrogens with one attached hydrogen (secondary N) is 3. The van der Waals surface area contributed by atoms with Crippen LogP contribution in [0.3, 0.4) is 0 Å². The number of rotatable bonds is 9. The Morgan fingerprint density at radius 2 is 1.69 bits per heavy atom. The Morgan fingerprint density at radius 3 is 2.38 bits per heavy atom. The van der Waals surface area contributed by atoms with Crippen molar-refractivity contribution in [2.45, 2.75) is 138 Å². The fourth-order valence-electron chi connectivity index (χ4n) is 8.29. The molecule has 2 saturated heterocycles. The molecule has 3 N–H and O–H groups in total. The highest BCUT2D eigenvalue weighted by Gasteiger charge is 2.62. The van der Waals surface area contributed by atoms with E-state index in [1.165, 1.54) is 21.9 Å². The number of carbonyl (C=O) groups is 5. The summed E-state index contributed by atoms with van der Waals surface area (Å²) in [5.41, 5.74) is -0.539. The van der Waals surface area contributed by atoms with Crippen molar-refractivity contribution >= 4 is 39.9 Å². The highest BCUT2D eigenvalue weighted by Crippen LogP contribution is 2.46. The first kappa shape index (κ1) is 36.2. The Morgan fingerprint density at radius 1 is 0.962 bits per heavy atom. The summed E-state index contributed by atoms with van der Waals surface area (Å²) in [6.07, 6.45) is 5.76. The van der Waals surface area contributed by atoms with Gasteiger partial charge in [-0.15, -0.1) is 6.58 Å². The normalized spacial score (nSPS) is 30.2. The molecule has 52 heavy (non-hydrogen) atoms. The summed E-state index contributed by atoms with van der Waals surface area (Å²) < 4.78 is 53.7. The van der Waals surface area contributed by atoms with Gasteiger partial charge in [0.25, 0.3) is 5.91 Å². The summed E-state index contributed by atoms with van der Waals surface area (Å²) in [6, 6.07) is 1.63. The Kier molecular flexibility index (Phi) is 9.95. The van der Waals surface area contributed by atoms with Crippen LogP contribution in [0.25, 0.3) is 0 Å². The van der Waals surface area contributed by atoms with E-state index in [1.54, 1.807) is 12.1 Å². The minimum absolute atomic E-state index is 0.00419. The van der Waals surface area contributed by atoms with Crippen molar-refractivity contribution < 1.29 is 46.3 Å². The molecule has 0 aromatic heterocycles. The van der Waals surface area contributed by atoms with Crippen molar-refractivity contribution in [3.05, 3.63) is 47.8 Å². The van der Waals surface area contributed by atoms with Crippen molar-refractivity contribution in [1.82, 2.24) is 25.2 Å². The molecule has 14 nitrogen and oxygen atoms in total. The van der Waals surface area contributed by atoms with Crippen LogP contribution in [0, 0.1) is 11.7 Å². The number of halogens is 1. The molecule has 7 rings (SSSR count). The van der Waals surface area contributed by atoms with Gasteiger partial charge in [-0.25, -0.2) is 22.4 Å². The molecule has 0 radical (unpaired) electrons. The zero-order chi connectivity index (χ0) is 36.8. The van der Waals surface area contributed by atoms with E-state index in [2.05, 4.69) is 21.9 Å². The van der Waals surface area contributed by atoms with Crippen LogP contribution in [-0.2, 0) is 47.0 Å². The van der Waals surface area contributed by atoms with Crippen LogP contribution in [0.4, 0.5) is 14.0 Å². The SMILES string of the molecule is C=C[C@@H]1C[C@]1(NC(=O)[C@@H]1C[C@@H](OC(=O)N2Cc3cccc(F)c3C2)[C@@H]2CCCCC[C@H](NC(=O)OC3CCCC3)C(=O)N12)C(=O)NS(=O)(=O)C1CC1. The van der Waals surface area contributed by atoms with E-state index < -0.39 is 86.7 Å². The topological polar surface area (TPSA) is 181 Å². The number of fused-ring (bicyclic) bond motifs is 2. The van der Waals surface area contributed by atoms with E-state index in [4.69, 9.17) is 9.47 Å². The van der Waals surface area contributed by atoms with Crippen LogP contribution in [0.15, 0.2) is 30.9 Å². The Bertz CT molecular complexity index is 1750. The van der Waals surface area contributed by atoms with Crippen molar-refractivity contribution in [3.63, 3.8) is 0 Å². The predicted molar refractivity (Wildman–Crippen MR) is 183 cm³/mol. The van der Waals surface area contributed by atoms with Crippen LogP contribution in [-0.4, -0.2) is 89.2 Å². The molecular weight excluding hydrogens is 697 g/mol. The van der Waals surface area contributed by atoms with Gasteiger partial charge in [-0.05, 0) is 69.4 Å². The second kappa shape index (κ2) is 14.3. The summed E-state index contributed by atoms with van der Waals surface area (Å²) in [5.74, 6) is -3.12. The maximum absolute atomic E-state index is 14.5. The largest absolute Gasteiger partial charge is 0.446 e. The second-order valence-corrected chi connectivity index (χ2v) is 17.0. The van der Waals surface area contributed by atoms with Crippen molar-refractivity contribution in [3.8, 4) is 0 Å². The molecule has 282 valence electrons. The number of nitrogens with zero attached hydrogens (tertiary/aromatic N) is 2. The number of hydrogen-bond acceptors (Lipinski definition) is 9. The first-order chi connectivity index (χ1) is 24.9. The number of alkyl carbamates (subject to hydrolysis) is 1. The van der Waals surface area contributed by atoms with E-state index in [1.807, 2.05) is 0 Å². The minimum Gasteiger partial charge on any atom is -0.446 e. The van der Waals surface area contributed by atoms with Gasteiger partial charge in [-0.3, -0.25) is 24.0 Å². The maximum Gasteiger partial charge on any atom is 0.410 e. The lowest BCUT2D eigenvalue weighted by atomic mass is 10.0. The summed E-state index contributed by atoms with van der Waals surface area (Å²) >= 11 is 0. The first-order valence-electron chi connectivity index (χ1n) is 18.4. The summed E-state index contributed by atoms with van der Waals surface area (Å²) in [7, 11) is -3.92. The van der Waals surface area contributed by atoms with Gasteiger partial charge in [-0.2, -0.15) is 0 Å². The van der Waals surface area contributed by atoms with Crippen molar-refractivity contribution in [2.75, 3.05) is 0 Å². The molecule has 0 spiro atoms. The molecule has 5 amide bonds. The number of sulfonamides is 1. The number of benzene rings is 1. The van der Waals surface area contributed by atoms with Gasteiger partial charge in [0.15, 0.2) is 0 Å². The third-order valence-electron chi connectivity index (χ3n) is 11.5. The lowest BCUT2D eigenvalue weighted by molar-refractivity contribution is -0.143. The lowest BCUT2D eigenvalue weighted by Crippen LogP contribution is -2.59. The Labute approximate surface area is 302 Å². The molecule has 3 saturated carbocycles. The highest BCUT2D eigenvalue weighted by atomic mass is 32.2. The lowest BCUT2D eigenvalue weighted by Gasteiger charge is -2.34. The second-order valence-electron chi connectivity index (χ2n) is 15.0. The fraction of sp³-hybridized carbons (Fsp3) is 0.639. The highest BCUT2D eigenvalue weighted by molar-refractivity contribution is 7.91. The van der Waals surface area contributed by atoms with Crippen LogP contribution in [0.5, 0.6) is 0 Å². The molecule has 6 aliphatic rings. The molecule has 16 heteroatoms. The summed E-state index contributed by atoms with van der Waals surface area (Å²) in [5, 5.41) is 4.84. The standard InChI is InChI=1S/C36H46FN5O9S/c1-2-22-18-36(22,33(45)40-52(48,49)24-15-16-24)39-31(43)29-17-30(51-35(47)41-19-21-9-8-12-26(37)25(21)20-41)28-14-5-3-4-13-27(32(44)42(28)29)38-34(46)50-23-10-6-7-11-23/h2,8-9,12,22-24,27-30H,1,3-7,10-11,13-20H2,(H,38,46)(H,39,43)(H,40,45)/t22-,27+,28+,29+,30-,36-/m1/s1. The van der Waals surface area contributed by atoms with Gasteiger partial charge in [0.05, 0.1) is 17.8 Å². The quantitative estimate of drug-likeness (QED) is 0.320. The molecule has 5 fully saturated rings. The van der Waals surface area contributed by atoms with E-state index in [-0.39, 0.29) is 32.0 Å². The van der Waals surface area contributed by atoms with Gasteiger partial charge >= 0.3 is 12.2 Å². The average Bonchev–Trinajstić information content (AvgIpc) is 3.91. The molecule has 1 aromatic rings.